The van der Waals surface area contributed by atoms with Gasteiger partial charge in [0.15, 0.2) is 0 Å². The molecule has 3 rings (SSSR count). The predicted octanol–water partition coefficient (Wildman–Crippen LogP) is 2.31. The third-order valence-corrected chi connectivity index (χ3v) is 4.09. The van der Waals surface area contributed by atoms with Crippen LogP contribution in [0.15, 0.2) is 60.8 Å². The Morgan fingerprint density at radius 3 is 2.57 bits per heavy atom. The van der Waals surface area contributed by atoms with Gasteiger partial charge in [0, 0.05) is 30.7 Å². The molecule has 0 aliphatic carbocycles. The van der Waals surface area contributed by atoms with Gasteiger partial charge in [-0.2, -0.15) is 0 Å². The van der Waals surface area contributed by atoms with E-state index in [1.165, 1.54) is 5.56 Å². The third kappa shape index (κ3) is 3.27. The minimum atomic E-state index is -0.531. The molecule has 0 saturated heterocycles. The van der Waals surface area contributed by atoms with E-state index in [2.05, 4.69) is 40.3 Å². The van der Waals surface area contributed by atoms with Crippen LogP contribution in [0.4, 0.5) is 0 Å². The van der Waals surface area contributed by atoms with Crippen LogP contribution in [0, 0.1) is 0 Å². The molecule has 1 atom stereocenters. The molecule has 1 heterocycles. The van der Waals surface area contributed by atoms with E-state index in [0.29, 0.717) is 6.42 Å². The molecule has 0 aliphatic rings. The van der Waals surface area contributed by atoms with Gasteiger partial charge in [-0.15, -0.1) is 0 Å². The number of carbonyl (C=O) groups is 1. The van der Waals surface area contributed by atoms with Gasteiger partial charge in [-0.25, -0.2) is 0 Å². The molecule has 0 fully saturated rings. The Hall–Kier alpha value is -2.59. The number of para-hydroxylation sites is 1. The number of likely N-dealkylation sites (N-methyl/N-ethyl adjacent to an activating group) is 1. The Balaban J connectivity index is 1.95. The minimum absolute atomic E-state index is 0.134. The standard InChI is InChI=1S/C19H21N3O/c1-21-19(23)17(20)11-15-13-22(12-14-7-3-2-4-8-14)18-10-6-5-9-16(15)18/h2-10,13,17H,11-12,20H2,1H3,(H,21,23)/t17-/m0/s1. The molecule has 0 bridgehead atoms. The van der Waals surface area contributed by atoms with Gasteiger partial charge in [0.2, 0.25) is 5.91 Å². The Labute approximate surface area is 135 Å². The molecule has 1 amide bonds. The van der Waals surface area contributed by atoms with Crippen molar-refractivity contribution < 1.29 is 4.79 Å². The predicted molar refractivity (Wildman–Crippen MR) is 93.2 cm³/mol. The van der Waals surface area contributed by atoms with E-state index in [9.17, 15) is 4.79 Å². The van der Waals surface area contributed by atoms with Crippen LogP contribution in [0.5, 0.6) is 0 Å². The summed E-state index contributed by atoms with van der Waals surface area (Å²) in [4.78, 5) is 11.7. The van der Waals surface area contributed by atoms with E-state index in [1.807, 2.05) is 30.3 Å². The van der Waals surface area contributed by atoms with Crippen molar-refractivity contribution >= 4 is 16.8 Å². The Morgan fingerprint density at radius 2 is 1.83 bits per heavy atom. The van der Waals surface area contributed by atoms with Crippen molar-refractivity contribution in [1.29, 1.82) is 0 Å². The van der Waals surface area contributed by atoms with Crippen LogP contribution in [0.1, 0.15) is 11.1 Å². The van der Waals surface area contributed by atoms with E-state index >= 15 is 0 Å². The van der Waals surface area contributed by atoms with E-state index in [1.54, 1.807) is 7.05 Å². The Morgan fingerprint density at radius 1 is 1.13 bits per heavy atom. The van der Waals surface area contributed by atoms with E-state index in [0.717, 1.165) is 23.0 Å². The second-order valence-electron chi connectivity index (χ2n) is 5.71. The Bertz CT molecular complexity index is 808. The molecule has 0 spiro atoms. The fourth-order valence-corrected chi connectivity index (χ4v) is 2.91. The minimum Gasteiger partial charge on any atom is -0.358 e. The lowest BCUT2D eigenvalue weighted by atomic mass is 10.1. The number of aromatic nitrogens is 1. The van der Waals surface area contributed by atoms with E-state index in [-0.39, 0.29) is 5.91 Å². The molecule has 0 saturated carbocycles. The van der Waals surface area contributed by atoms with Crippen LogP contribution in [0.3, 0.4) is 0 Å². The topological polar surface area (TPSA) is 60.1 Å². The number of hydrogen-bond donors (Lipinski definition) is 2. The van der Waals surface area contributed by atoms with E-state index in [4.69, 9.17) is 5.73 Å². The average Bonchev–Trinajstić information content (AvgIpc) is 2.93. The molecular formula is C19H21N3O. The van der Waals surface area contributed by atoms with Crippen LogP contribution in [0.2, 0.25) is 0 Å². The molecule has 3 N–H and O–H groups in total. The van der Waals surface area contributed by atoms with Gasteiger partial charge in [0.1, 0.15) is 0 Å². The summed E-state index contributed by atoms with van der Waals surface area (Å²) in [5.74, 6) is -0.134. The second-order valence-corrected chi connectivity index (χ2v) is 5.71. The largest absolute Gasteiger partial charge is 0.358 e. The molecule has 118 valence electrons. The molecule has 4 nitrogen and oxygen atoms in total. The second kappa shape index (κ2) is 6.67. The molecule has 23 heavy (non-hydrogen) atoms. The number of rotatable bonds is 5. The summed E-state index contributed by atoms with van der Waals surface area (Å²) in [5.41, 5.74) is 9.50. The van der Waals surface area contributed by atoms with Crippen LogP contribution in [-0.2, 0) is 17.8 Å². The Kier molecular flexibility index (Phi) is 4.44. The first-order chi connectivity index (χ1) is 11.2. The van der Waals surface area contributed by atoms with Gasteiger partial charge < -0.3 is 15.6 Å². The average molecular weight is 307 g/mol. The highest BCUT2D eigenvalue weighted by atomic mass is 16.2. The molecule has 4 heteroatoms. The maximum Gasteiger partial charge on any atom is 0.237 e. The van der Waals surface area contributed by atoms with Crippen molar-refractivity contribution in [3.05, 3.63) is 71.9 Å². The molecule has 0 unspecified atom stereocenters. The maximum atomic E-state index is 11.7. The maximum absolute atomic E-state index is 11.7. The first-order valence-corrected chi connectivity index (χ1v) is 7.77. The van der Waals surface area contributed by atoms with Gasteiger partial charge in [-0.05, 0) is 23.6 Å². The van der Waals surface area contributed by atoms with Crippen LogP contribution < -0.4 is 11.1 Å². The number of nitrogens with one attached hydrogen (secondary N) is 1. The molecule has 1 aromatic heterocycles. The van der Waals surface area contributed by atoms with Crippen molar-refractivity contribution in [2.45, 2.75) is 19.0 Å². The summed E-state index contributed by atoms with van der Waals surface area (Å²) in [6, 6.07) is 18.1. The first-order valence-electron chi connectivity index (χ1n) is 7.77. The highest BCUT2D eigenvalue weighted by Crippen LogP contribution is 2.23. The van der Waals surface area contributed by atoms with Crippen LogP contribution >= 0.6 is 0 Å². The monoisotopic (exact) mass is 307 g/mol. The zero-order valence-corrected chi connectivity index (χ0v) is 13.2. The number of nitrogens with zero attached hydrogens (tertiary/aromatic N) is 1. The van der Waals surface area contributed by atoms with Crippen molar-refractivity contribution in [3.63, 3.8) is 0 Å². The molecule has 0 radical (unpaired) electrons. The van der Waals surface area contributed by atoms with Crippen molar-refractivity contribution in [1.82, 2.24) is 9.88 Å². The molecule has 2 aromatic carbocycles. The fourth-order valence-electron chi connectivity index (χ4n) is 2.91. The van der Waals surface area contributed by atoms with Crippen molar-refractivity contribution in [2.24, 2.45) is 5.73 Å². The van der Waals surface area contributed by atoms with Gasteiger partial charge in [-0.3, -0.25) is 4.79 Å². The van der Waals surface area contributed by atoms with Crippen LogP contribution in [-0.4, -0.2) is 23.6 Å². The summed E-state index contributed by atoms with van der Waals surface area (Å²) in [5, 5.41) is 3.76. The summed E-state index contributed by atoms with van der Waals surface area (Å²) >= 11 is 0. The smallest absolute Gasteiger partial charge is 0.237 e. The summed E-state index contributed by atoms with van der Waals surface area (Å²) in [6.45, 7) is 0.802. The van der Waals surface area contributed by atoms with Crippen molar-refractivity contribution in [3.8, 4) is 0 Å². The van der Waals surface area contributed by atoms with Crippen molar-refractivity contribution in [2.75, 3.05) is 7.05 Å². The van der Waals surface area contributed by atoms with E-state index < -0.39 is 6.04 Å². The number of fused-ring (bicyclic) bond motifs is 1. The van der Waals surface area contributed by atoms with Gasteiger partial charge in [-0.1, -0.05) is 48.5 Å². The van der Waals surface area contributed by atoms with Gasteiger partial charge in [0.25, 0.3) is 0 Å². The highest BCUT2D eigenvalue weighted by molar-refractivity contribution is 5.86. The zero-order chi connectivity index (χ0) is 16.2. The summed E-state index contributed by atoms with van der Waals surface area (Å²) in [6.07, 6.45) is 2.64. The molecule has 0 aliphatic heterocycles. The lowest BCUT2D eigenvalue weighted by molar-refractivity contribution is -0.121. The lowest BCUT2D eigenvalue weighted by Crippen LogP contribution is -2.40. The molecule has 3 aromatic rings. The number of benzene rings is 2. The van der Waals surface area contributed by atoms with Crippen LogP contribution in [0.25, 0.3) is 10.9 Å². The third-order valence-electron chi connectivity index (χ3n) is 4.09. The molecular weight excluding hydrogens is 286 g/mol. The number of hydrogen-bond acceptors (Lipinski definition) is 2. The highest BCUT2D eigenvalue weighted by Gasteiger charge is 2.16. The number of carbonyl (C=O) groups excluding carboxylic acids is 1. The summed E-state index contributed by atoms with van der Waals surface area (Å²) < 4.78 is 2.22. The zero-order valence-electron chi connectivity index (χ0n) is 13.2. The number of amides is 1. The lowest BCUT2D eigenvalue weighted by Gasteiger charge is -2.08. The van der Waals surface area contributed by atoms with Gasteiger partial charge in [0.05, 0.1) is 6.04 Å². The van der Waals surface area contributed by atoms with Gasteiger partial charge >= 0.3 is 0 Å². The quantitative estimate of drug-likeness (QED) is 0.760. The normalized spacial score (nSPS) is 12.3. The SMILES string of the molecule is CNC(=O)[C@@H](N)Cc1cn(Cc2ccccc2)c2ccccc12. The fraction of sp³-hybridized carbons (Fsp3) is 0.211. The summed E-state index contributed by atoms with van der Waals surface area (Å²) in [7, 11) is 1.61. The first kappa shape index (κ1) is 15.3. The number of nitrogens with two attached hydrogens (primary N) is 1.